The van der Waals surface area contributed by atoms with E-state index in [0.717, 1.165) is 17.0 Å². The fourth-order valence-corrected chi connectivity index (χ4v) is 3.90. The average Bonchev–Trinajstić information content (AvgIpc) is 2.83. The lowest BCUT2D eigenvalue weighted by Gasteiger charge is -2.17. The molecule has 8 heteroatoms. The van der Waals surface area contributed by atoms with Crippen molar-refractivity contribution in [1.29, 1.82) is 0 Å². The molecular formula is C27H26ClFN4O2. The number of rotatable bonds is 6. The molecule has 3 aromatic heterocycles. The second-order valence-corrected chi connectivity index (χ2v) is 9.17. The van der Waals surface area contributed by atoms with Crippen LogP contribution in [-0.4, -0.2) is 19.5 Å². The van der Waals surface area contributed by atoms with E-state index < -0.39 is 0 Å². The van der Waals surface area contributed by atoms with Gasteiger partial charge in [-0.1, -0.05) is 37.6 Å². The minimum Gasteiger partial charge on any atom is -0.488 e. The zero-order chi connectivity index (χ0) is 25.3. The molecule has 0 aliphatic heterocycles. The molecule has 0 aliphatic carbocycles. The number of benzene rings is 1. The third-order valence-corrected chi connectivity index (χ3v) is 6.01. The summed E-state index contributed by atoms with van der Waals surface area (Å²) in [5.41, 5.74) is 4.32. The molecule has 0 amide bonds. The Morgan fingerprint density at radius 1 is 1.06 bits per heavy atom. The SMILES string of the molecule is Cc1cnc(C(C)C)nc1-c1cc(-n2c(C)cc(OCc3ccc(F)cc3)c(C)c2=O)c(Cl)cn1. The standard InChI is InChI=1S/C27H26ClFN4O2/c1-15(2)26-31-12-16(3)25(32-26)22-11-23(21(28)13-30-22)33-17(4)10-24(18(5)27(33)34)35-14-19-6-8-20(29)9-7-19/h6-13,15H,14H2,1-5H3. The summed E-state index contributed by atoms with van der Waals surface area (Å²) in [6, 6.07) is 9.62. The highest BCUT2D eigenvalue weighted by Gasteiger charge is 2.17. The van der Waals surface area contributed by atoms with Gasteiger partial charge in [-0.2, -0.15) is 0 Å². The Morgan fingerprint density at radius 3 is 2.46 bits per heavy atom. The molecular weight excluding hydrogens is 467 g/mol. The van der Waals surface area contributed by atoms with Crippen LogP contribution in [0.3, 0.4) is 0 Å². The van der Waals surface area contributed by atoms with Gasteiger partial charge in [0.15, 0.2) is 0 Å². The highest BCUT2D eigenvalue weighted by Crippen LogP contribution is 2.28. The Bertz CT molecular complexity index is 1450. The first-order valence-electron chi connectivity index (χ1n) is 11.3. The van der Waals surface area contributed by atoms with Crippen LogP contribution < -0.4 is 10.3 Å². The normalized spacial score (nSPS) is 11.2. The van der Waals surface area contributed by atoms with E-state index in [4.69, 9.17) is 21.3 Å². The van der Waals surface area contributed by atoms with Crippen LogP contribution in [0.15, 0.2) is 53.6 Å². The van der Waals surface area contributed by atoms with Gasteiger partial charge in [0.05, 0.1) is 27.7 Å². The first-order chi connectivity index (χ1) is 16.7. The van der Waals surface area contributed by atoms with Crippen LogP contribution >= 0.6 is 11.6 Å². The van der Waals surface area contributed by atoms with Gasteiger partial charge < -0.3 is 4.74 Å². The van der Waals surface area contributed by atoms with Crippen LogP contribution in [0.25, 0.3) is 17.1 Å². The predicted octanol–water partition coefficient (Wildman–Crippen LogP) is 6.11. The van der Waals surface area contributed by atoms with Crippen molar-refractivity contribution in [2.24, 2.45) is 0 Å². The molecule has 3 heterocycles. The number of hydrogen-bond acceptors (Lipinski definition) is 5. The lowest BCUT2D eigenvalue weighted by Crippen LogP contribution is -2.24. The van der Waals surface area contributed by atoms with Crippen molar-refractivity contribution in [3.05, 3.63) is 98.2 Å². The number of hydrogen-bond donors (Lipinski definition) is 0. The summed E-state index contributed by atoms with van der Waals surface area (Å²) >= 11 is 6.51. The molecule has 4 aromatic rings. The van der Waals surface area contributed by atoms with E-state index in [1.54, 1.807) is 42.0 Å². The molecule has 35 heavy (non-hydrogen) atoms. The summed E-state index contributed by atoms with van der Waals surface area (Å²) in [4.78, 5) is 27.0. The quantitative estimate of drug-likeness (QED) is 0.325. The molecule has 0 aliphatic rings. The van der Waals surface area contributed by atoms with Crippen molar-refractivity contribution in [2.45, 2.75) is 47.1 Å². The van der Waals surface area contributed by atoms with Crippen LogP contribution in [-0.2, 0) is 6.61 Å². The zero-order valence-electron chi connectivity index (χ0n) is 20.3. The maximum atomic E-state index is 13.4. The van der Waals surface area contributed by atoms with Gasteiger partial charge in [-0.25, -0.2) is 14.4 Å². The topological polar surface area (TPSA) is 69.9 Å². The van der Waals surface area contributed by atoms with E-state index in [9.17, 15) is 9.18 Å². The highest BCUT2D eigenvalue weighted by molar-refractivity contribution is 6.32. The molecule has 4 rings (SSSR count). The number of aromatic nitrogens is 4. The van der Waals surface area contributed by atoms with E-state index in [2.05, 4.69) is 9.97 Å². The van der Waals surface area contributed by atoms with Crippen molar-refractivity contribution in [1.82, 2.24) is 19.5 Å². The van der Waals surface area contributed by atoms with Gasteiger partial charge in [0.2, 0.25) is 0 Å². The fourth-order valence-electron chi connectivity index (χ4n) is 3.71. The summed E-state index contributed by atoms with van der Waals surface area (Å²) in [6.45, 7) is 9.72. The first-order valence-corrected chi connectivity index (χ1v) is 11.6. The van der Waals surface area contributed by atoms with E-state index >= 15 is 0 Å². The highest BCUT2D eigenvalue weighted by atomic mass is 35.5. The second-order valence-electron chi connectivity index (χ2n) is 8.77. The molecule has 180 valence electrons. The molecule has 0 bridgehead atoms. The Morgan fingerprint density at radius 2 is 1.77 bits per heavy atom. The predicted molar refractivity (Wildman–Crippen MR) is 135 cm³/mol. The van der Waals surface area contributed by atoms with Gasteiger partial charge in [-0.15, -0.1) is 0 Å². The van der Waals surface area contributed by atoms with Crippen LogP contribution in [0.5, 0.6) is 5.75 Å². The van der Waals surface area contributed by atoms with Crippen LogP contribution in [0.1, 0.15) is 48.0 Å². The molecule has 0 saturated carbocycles. The molecule has 0 N–H and O–H groups in total. The number of nitrogens with zero attached hydrogens (tertiary/aromatic N) is 4. The maximum absolute atomic E-state index is 13.4. The Labute approximate surface area is 208 Å². The monoisotopic (exact) mass is 492 g/mol. The van der Waals surface area contributed by atoms with Crippen LogP contribution in [0.2, 0.25) is 5.02 Å². The third kappa shape index (κ3) is 5.10. The third-order valence-electron chi connectivity index (χ3n) is 5.72. The average molecular weight is 493 g/mol. The van der Waals surface area contributed by atoms with Gasteiger partial charge in [0, 0.05) is 30.1 Å². The Kier molecular flexibility index (Phi) is 6.98. The van der Waals surface area contributed by atoms with Gasteiger partial charge in [0.1, 0.15) is 24.0 Å². The van der Waals surface area contributed by atoms with Crippen LogP contribution in [0, 0.1) is 26.6 Å². The van der Waals surface area contributed by atoms with Crippen LogP contribution in [0.4, 0.5) is 4.39 Å². The molecule has 1 aromatic carbocycles. The minimum absolute atomic E-state index is 0.163. The Balaban J connectivity index is 1.74. The van der Waals surface area contributed by atoms with E-state index in [-0.39, 0.29) is 23.9 Å². The molecule has 0 unspecified atom stereocenters. The number of ether oxygens (including phenoxy) is 1. The summed E-state index contributed by atoms with van der Waals surface area (Å²) in [6.07, 6.45) is 3.31. The van der Waals surface area contributed by atoms with E-state index in [1.807, 2.05) is 27.7 Å². The second kappa shape index (κ2) is 9.96. The largest absolute Gasteiger partial charge is 0.488 e. The van der Waals surface area contributed by atoms with Crippen molar-refractivity contribution >= 4 is 11.6 Å². The van der Waals surface area contributed by atoms with Gasteiger partial charge >= 0.3 is 0 Å². The molecule has 0 radical (unpaired) electrons. The zero-order valence-corrected chi connectivity index (χ0v) is 21.0. The molecule has 0 spiro atoms. The van der Waals surface area contributed by atoms with Crippen molar-refractivity contribution in [3.8, 4) is 22.8 Å². The van der Waals surface area contributed by atoms with E-state index in [1.165, 1.54) is 18.3 Å². The summed E-state index contributed by atoms with van der Waals surface area (Å²) in [5, 5.41) is 0.342. The van der Waals surface area contributed by atoms with Gasteiger partial charge in [-0.05, 0) is 50.1 Å². The summed E-state index contributed by atoms with van der Waals surface area (Å²) in [5.74, 6) is 1.04. The van der Waals surface area contributed by atoms with Crippen molar-refractivity contribution in [2.75, 3.05) is 0 Å². The van der Waals surface area contributed by atoms with E-state index in [0.29, 0.717) is 39.1 Å². The maximum Gasteiger partial charge on any atom is 0.261 e. The lowest BCUT2D eigenvalue weighted by molar-refractivity contribution is 0.302. The number of halogens is 2. The van der Waals surface area contributed by atoms with Gasteiger partial charge in [-0.3, -0.25) is 14.3 Å². The van der Waals surface area contributed by atoms with Crippen molar-refractivity contribution < 1.29 is 9.13 Å². The molecule has 0 fully saturated rings. The molecule has 6 nitrogen and oxygen atoms in total. The molecule has 0 saturated heterocycles. The minimum atomic E-state index is -0.311. The van der Waals surface area contributed by atoms with Crippen molar-refractivity contribution in [3.63, 3.8) is 0 Å². The smallest absolute Gasteiger partial charge is 0.261 e. The summed E-state index contributed by atoms with van der Waals surface area (Å²) in [7, 11) is 0. The lowest BCUT2D eigenvalue weighted by atomic mass is 10.1. The molecule has 0 atom stereocenters. The fraction of sp³-hybridized carbons (Fsp3) is 0.259. The van der Waals surface area contributed by atoms with Gasteiger partial charge in [0.25, 0.3) is 5.56 Å². The number of pyridine rings is 2. The number of aryl methyl sites for hydroxylation is 2. The first kappa shape index (κ1) is 24.5. The Hall–Kier alpha value is -3.58. The summed E-state index contributed by atoms with van der Waals surface area (Å²) < 4.78 is 20.6.